The molecule has 118 valence electrons. The lowest BCUT2D eigenvalue weighted by Crippen LogP contribution is -2.37. The van der Waals surface area contributed by atoms with E-state index in [1.165, 1.54) is 0 Å². The van der Waals surface area contributed by atoms with Gasteiger partial charge in [0.2, 0.25) is 11.7 Å². The molecule has 8 nitrogen and oxygen atoms in total. The fourth-order valence-electron chi connectivity index (χ4n) is 2.76. The molecule has 0 bridgehead atoms. The smallest absolute Gasteiger partial charge is 0.240 e. The summed E-state index contributed by atoms with van der Waals surface area (Å²) in [6, 6.07) is 5.94. The molecule has 1 N–H and O–H groups in total. The van der Waals surface area contributed by atoms with Crippen LogP contribution in [0.25, 0.3) is 11.5 Å². The van der Waals surface area contributed by atoms with Gasteiger partial charge in [-0.25, -0.2) is 9.67 Å². The molecule has 4 rings (SSSR count). The van der Waals surface area contributed by atoms with Crippen molar-refractivity contribution in [1.29, 1.82) is 0 Å². The number of rotatable bonds is 4. The molecule has 4 heterocycles. The SMILES string of the molecule is Cc1nc2n(n1)C[C@@H](NCc1nc(-c3ccccn3)no1)CC2. The van der Waals surface area contributed by atoms with Gasteiger partial charge in [-0.15, -0.1) is 0 Å². The summed E-state index contributed by atoms with van der Waals surface area (Å²) in [4.78, 5) is 13.0. The molecule has 0 unspecified atom stereocenters. The number of aryl methyl sites for hydroxylation is 2. The molecule has 0 fully saturated rings. The highest BCUT2D eigenvalue weighted by Gasteiger charge is 2.21. The number of fused-ring (bicyclic) bond motifs is 1. The number of pyridine rings is 1. The van der Waals surface area contributed by atoms with Crippen LogP contribution in [0.2, 0.25) is 0 Å². The summed E-state index contributed by atoms with van der Waals surface area (Å²) < 4.78 is 7.26. The van der Waals surface area contributed by atoms with Crippen LogP contribution in [-0.4, -0.2) is 35.9 Å². The van der Waals surface area contributed by atoms with E-state index >= 15 is 0 Å². The van der Waals surface area contributed by atoms with Crippen molar-refractivity contribution in [2.24, 2.45) is 0 Å². The topological polar surface area (TPSA) is 94.6 Å². The Morgan fingerprint density at radius 2 is 2.30 bits per heavy atom. The van der Waals surface area contributed by atoms with Gasteiger partial charge in [-0.05, 0) is 25.5 Å². The molecule has 0 amide bonds. The van der Waals surface area contributed by atoms with E-state index in [2.05, 4.69) is 30.5 Å². The van der Waals surface area contributed by atoms with Crippen molar-refractivity contribution in [3.05, 3.63) is 41.9 Å². The van der Waals surface area contributed by atoms with Gasteiger partial charge in [0.05, 0.1) is 13.1 Å². The van der Waals surface area contributed by atoms with Crippen molar-refractivity contribution in [2.45, 2.75) is 38.9 Å². The van der Waals surface area contributed by atoms with E-state index in [1.54, 1.807) is 6.20 Å². The lowest BCUT2D eigenvalue weighted by Gasteiger charge is -2.22. The van der Waals surface area contributed by atoms with Crippen LogP contribution in [0.15, 0.2) is 28.9 Å². The summed E-state index contributed by atoms with van der Waals surface area (Å²) in [5, 5.41) is 11.8. The number of nitrogens with zero attached hydrogens (tertiary/aromatic N) is 6. The molecule has 1 aliphatic heterocycles. The third-order valence-corrected chi connectivity index (χ3v) is 3.87. The van der Waals surface area contributed by atoms with Crippen LogP contribution in [0.3, 0.4) is 0 Å². The fourth-order valence-corrected chi connectivity index (χ4v) is 2.76. The van der Waals surface area contributed by atoms with Crippen molar-refractivity contribution in [1.82, 2.24) is 35.2 Å². The molecule has 8 heteroatoms. The first-order valence-electron chi connectivity index (χ1n) is 7.65. The van der Waals surface area contributed by atoms with Crippen LogP contribution >= 0.6 is 0 Å². The number of nitrogens with one attached hydrogen (secondary N) is 1. The number of hydrogen-bond donors (Lipinski definition) is 1. The summed E-state index contributed by atoms with van der Waals surface area (Å²) in [6.45, 7) is 3.27. The van der Waals surface area contributed by atoms with Crippen LogP contribution < -0.4 is 5.32 Å². The molecular weight excluding hydrogens is 294 g/mol. The minimum atomic E-state index is 0.328. The highest BCUT2D eigenvalue weighted by molar-refractivity contribution is 5.46. The quantitative estimate of drug-likeness (QED) is 0.772. The Labute approximate surface area is 133 Å². The van der Waals surface area contributed by atoms with Crippen molar-refractivity contribution < 1.29 is 4.52 Å². The third-order valence-electron chi connectivity index (χ3n) is 3.87. The second-order valence-electron chi connectivity index (χ2n) is 5.60. The van der Waals surface area contributed by atoms with E-state index < -0.39 is 0 Å². The van der Waals surface area contributed by atoms with Gasteiger partial charge >= 0.3 is 0 Å². The summed E-state index contributed by atoms with van der Waals surface area (Å²) in [7, 11) is 0. The summed E-state index contributed by atoms with van der Waals surface area (Å²) in [5.41, 5.74) is 0.711. The van der Waals surface area contributed by atoms with Crippen LogP contribution in [0.5, 0.6) is 0 Å². The first-order valence-corrected chi connectivity index (χ1v) is 7.65. The summed E-state index contributed by atoms with van der Waals surface area (Å²) in [5.74, 6) is 2.97. The monoisotopic (exact) mass is 311 g/mol. The van der Waals surface area contributed by atoms with Crippen LogP contribution in [0.4, 0.5) is 0 Å². The maximum Gasteiger partial charge on any atom is 0.240 e. The van der Waals surface area contributed by atoms with Gasteiger partial charge in [-0.3, -0.25) is 4.98 Å². The molecule has 23 heavy (non-hydrogen) atoms. The first kappa shape index (κ1) is 14.0. The Morgan fingerprint density at radius 1 is 1.35 bits per heavy atom. The molecule has 0 aliphatic carbocycles. The van der Waals surface area contributed by atoms with Crippen LogP contribution in [0.1, 0.15) is 24.0 Å². The molecular formula is C15H17N7O. The van der Waals surface area contributed by atoms with E-state index in [4.69, 9.17) is 4.52 Å². The average Bonchev–Trinajstić information content (AvgIpc) is 3.18. The molecule has 1 atom stereocenters. The molecule has 3 aromatic heterocycles. The van der Waals surface area contributed by atoms with Gasteiger partial charge in [-0.1, -0.05) is 11.2 Å². The standard InChI is InChI=1S/C15H17N7O/c1-10-18-13-6-5-11(9-22(13)20-10)17-8-14-19-15(21-23-14)12-4-2-3-7-16-12/h2-4,7,11,17H,5-6,8-9H2,1H3/t11-/m0/s1. The lowest BCUT2D eigenvalue weighted by molar-refractivity contribution is 0.320. The van der Waals surface area contributed by atoms with E-state index in [1.807, 2.05) is 29.8 Å². The predicted molar refractivity (Wildman–Crippen MR) is 81.2 cm³/mol. The van der Waals surface area contributed by atoms with Gasteiger partial charge in [0, 0.05) is 18.7 Å². The normalized spacial score (nSPS) is 17.2. The third kappa shape index (κ3) is 2.98. The second-order valence-corrected chi connectivity index (χ2v) is 5.60. The van der Waals surface area contributed by atoms with Crippen molar-refractivity contribution >= 4 is 0 Å². The molecule has 1 aliphatic rings. The van der Waals surface area contributed by atoms with Crippen molar-refractivity contribution in [3.63, 3.8) is 0 Å². The highest BCUT2D eigenvalue weighted by atomic mass is 16.5. The number of aromatic nitrogens is 6. The first-order chi connectivity index (χ1) is 11.3. The van der Waals surface area contributed by atoms with E-state index in [-0.39, 0.29) is 0 Å². The molecule has 3 aromatic rings. The zero-order chi connectivity index (χ0) is 15.6. The maximum absolute atomic E-state index is 5.29. The van der Waals surface area contributed by atoms with Gasteiger partial charge < -0.3 is 9.84 Å². The van der Waals surface area contributed by atoms with Gasteiger partial charge in [0.1, 0.15) is 17.3 Å². The van der Waals surface area contributed by atoms with E-state index in [0.717, 1.165) is 31.0 Å². The largest absolute Gasteiger partial charge is 0.337 e. The van der Waals surface area contributed by atoms with Gasteiger partial charge in [0.25, 0.3) is 0 Å². The second kappa shape index (κ2) is 5.88. The Bertz CT molecular complexity index is 795. The Kier molecular flexibility index (Phi) is 3.58. The van der Waals surface area contributed by atoms with E-state index in [0.29, 0.717) is 30.0 Å². The lowest BCUT2D eigenvalue weighted by atomic mass is 10.1. The van der Waals surface area contributed by atoms with Crippen LogP contribution in [0, 0.1) is 6.92 Å². The molecule has 0 radical (unpaired) electrons. The van der Waals surface area contributed by atoms with E-state index in [9.17, 15) is 0 Å². The van der Waals surface area contributed by atoms with Crippen molar-refractivity contribution in [2.75, 3.05) is 0 Å². The zero-order valence-corrected chi connectivity index (χ0v) is 12.8. The Morgan fingerprint density at radius 3 is 3.17 bits per heavy atom. The fraction of sp³-hybridized carbons (Fsp3) is 0.400. The minimum Gasteiger partial charge on any atom is -0.337 e. The zero-order valence-electron chi connectivity index (χ0n) is 12.8. The average molecular weight is 311 g/mol. The number of hydrogen-bond acceptors (Lipinski definition) is 7. The molecule has 0 spiro atoms. The summed E-state index contributed by atoms with van der Waals surface area (Å²) >= 11 is 0. The molecule has 0 saturated heterocycles. The van der Waals surface area contributed by atoms with Gasteiger partial charge in [-0.2, -0.15) is 10.1 Å². The molecule has 0 saturated carbocycles. The summed E-state index contributed by atoms with van der Waals surface area (Å²) in [6.07, 6.45) is 3.67. The maximum atomic E-state index is 5.29. The Balaban J connectivity index is 1.38. The molecule has 0 aromatic carbocycles. The highest BCUT2D eigenvalue weighted by Crippen LogP contribution is 2.14. The van der Waals surface area contributed by atoms with Gasteiger partial charge in [0.15, 0.2) is 0 Å². The minimum absolute atomic E-state index is 0.328. The predicted octanol–water partition coefficient (Wildman–Crippen LogP) is 1.14. The Hall–Kier alpha value is -2.61. The van der Waals surface area contributed by atoms with Crippen molar-refractivity contribution in [3.8, 4) is 11.5 Å². The van der Waals surface area contributed by atoms with Crippen LogP contribution in [-0.2, 0) is 19.5 Å².